The van der Waals surface area contributed by atoms with Crippen LogP contribution < -0.4 is 5.73 Å². The highest BCUT2D eigenvalue weighted by atomic mass is 16.5. The normalized spacial score (nSPS) is 15.6. The molecule has 0 aromatic carbocycles. The first-order valence-electron chi connectivity index (χ1n) is 4.54. The van der Waals surface area contributed by atoms with E-state index >= 15 is 0 Å². The van der Waals surface area contributed by atoms with Gasteiger partial charge in [-0.2, -0.15) is 0 Å². The molecule has 3 heteroatoms. The van der Waals surface area contributed by atoms with E-state index in [2.05, 4.69) is 0 Å². The highest BCUT2D eigenvalue weighted by Crippen LogP contribution is 2.11. The molecule has 0 spiro atoms. The molecule has 0 aromatic heterocycles. The van der Waals surface area contributed by atoms with Crippen molar-refractivity contribution in [3.8, 4) is 0 Å². The van der Waals surface area contributed by atoms with E-state index in [-0.39, 0.29) is 11.8 Å². The summed E-state index contributed by atoms with van der Waals surface area (Å²) in [5.41, 5.74) is 5.19. The third-order valence-corrected chi connectivity index (χ3v) is 1.94. The number of hydrogen-bond acceptors (Lipinski definition) is 2. The van der Waals surface area contributed by atoms with Gasteiger partial charge < -0.3 is 10.5 Å². The van der Waals surface area contributed by atoms with Crippen LogP contribution in [-0.4, -0.2) is 18.6 Å². The quantitative estimate of drug-likeness (QED) is 0.658. The van der Waals surface area contributed by atoms with E-state index in [9.17, 15) is 4.79 Å². The molecule has 0 heterocycles. The van der Waals surface area contributed by atoms with Crippen LogP contribution in [0.2, 0.25) is 0 Å². The molecule has 0 aliphatic carbocycles. The lowest BCUT2D eigenvalue weighted by molar-refractivity contribution is -0.132. The van der Waals surface area contributed by atoms with Crippen LogP contribution in [0.5, 0.6) is 0 Å². The fourth-order valence-corrected chi connectivity index (χ4v) is 0.986. The Morgan fingerprint density at radius 1 is 1.50 bits per heavy atom. The number of hydrogen-bond donors (Lipinski definition) is 1. The molecule has 0 saturated carbocycles. The van der Waals surface area contributed by atoms with Crippen molar-refractivity contribution >= 4 is 5.91 Å². The first-order chi connectivity index (χ1) is 5.63. The second-order valence-corrected chi connectivity index (χ2v) is 3.08. The maximum Gasteiger partial charge on any atom is 0.246 e. The van der Waals surface area contributed by atoms with E-state index in [0.29, 0.717) is 6.61 Å². The zero-order chi connectivity index (χ0) is 9.56. The molecule has 12 heavy (non-hydrogen) atoms. The predicted octanol–water partition coefficient (Wildman–Crippen LogP) is 1.31. The minimum absolute atomic E-state index is 0.217. The minimum atomic E-state index is -0.407. The second-order valence-electron chi connectivity index (χ2n) is 3.08. The first kappa shape index (κ1) is 11.4. The predicted molar refractivity (Wildman–Crippen MR) is 48.7 cm³/mol. The Hall–Kier alpha value is -0.570. The number of nitrogens with two attached hydrogens (primary N) is 1. The maximum atomic E-state index is 10.9. The monoisotopic (exact) mass is 173 g/mol. The fraction of sp³-hybridized carbons (Fsp3) is 0.889. The lowest BCUT2D eigenvalue weighted by Gasteiger charge is -2.19. The third kappa shape index (κ3) is 3.72. The van der Waals surface area contributed by atoms with Gasteiger partial charge in [-0.3, -0.25) is 4.79 Å². The van der Waals surface area contributed by atoms with E-state index < -0.39 is 6.10 Å². The summed E-state index contributed by atoms with van der Waals surface area (Å²) < 4.78 is 5.33. The van der Waals surface area contributed by atoms with Crippen LogP contribution in [0.25, 0.3) is 0 Å². The topological polar surface area (TPSA) is 52.3 Å². The van der Waals surface area contributed by atoms with Crippen LogP contribution in [0.4, 0.5) is 0 Å². The molecule has 2 unspecified atom stereocenters. The lowest BCUT2D eigenvalue weighted by atomic mass is 10.0. The highest BCUT2D eigenvalue weighted by molar-refractivity contribution is 5.79. The lowest BCUT2D eigenvalue weighted by Crippen LogP contribution is -2.36. The van der Waals surface area contributed by atoms with Crippen molar-refractivity contribution in [2.24, 2.45) is 11.7 Å². The van der Waals surface area contributed by atoms with E-state index in [1.54, 1.807) is 0 Å². The van der Waals surface area contributed by atoms with Gasteiger partial charge in [0.25, 0.3) is 0 Å². The molecular formula is C9H19NO2. The molecule has 1 amide bonds. The van der Waals surface area contributed by atoms with Gasteiger partial charge in [0.2, 0.25) is 5.91 Å². The molecule has 2 atom stereocenters. The number of ether oxygens (including phenoxy) is 1. The van der Waals surface area contributed by atoms with Crippen LogP contribution in [0.3, 0.4) is 0 Å². The number of rotatable bonds is 6. The average molecular weight is 173 g/mol. The number of carbonyl (C=O) groups is 1. The van der Waals surface area contributed by atoms with E-state index in [1.165, 1.54) is 0 Å². The fourth-order valence-electron chi connectivity index (χ4n) is 0.986. The number of carbonyl (C=O) groups excluding carboxylic acids is 1. The molecule has 2 N–H and O–H groups in total. The zero-order valence-corrected chi connectivity index (χ0v) is 8.17. The Morgan fingerprint density at radius 2 is 2.08 bits per heavy atom. The van der Waals surface area contributed by atoms with Crippen molar-refractivity contribution in [2.75, 3.05) is 6.61 Å². The largest absolute Gasteiger partial charge is 0.368 e. The smallest absolute Gasteiger partial charge is 0.246 e. The van der Waals surface area contributed by atoms with Crippen LogP contribution in [0, 0.1) is 5.92 Å². The van der Waals surface area contributed by atoms with Crippen LogP contribution >= 0.6 is 0 Å². The van der Waals surface area contributed by atoms with Gasteiger partial charge in [-0.25, -0.2) is 0 Å². The Labute approximate surface area is 74.3 Å². The third-order valence-electron chi connectivity index (χ3n) is 1.94. The Kier molecular flexibility index (Phi) is 5.72. The van der Waals surface area contributed by atoms with E-state index in [4.69, 9.17) is 10.5 Å². The standard InChI is InChI=1S/C9H19NO2/c1-4-6-12-8(9(10)11)7(3)5-2/h7-8H,4-6H2,1-3H3,(H2,10,11). The van der Waals surface area contributed by atoms with Crippen LogP contribution in [0.1, 0.15) is 33.6 Å². The SMILES string of the molecule is CCCOC(C(N)=O)C(C)CC. The van der Waals surface area contributed by atoms with Crippen molar-refractivity contribution in [2.45, 2.75) is 39.7 Å². The molecule has 0 rings (SSSR count). The molecule has 0 bridgehead atoms. The van der Waals surface area contributed by atoms with E-state index in [0.717, 1.165) is 12.8 Å². The van der Waals surface area contributed by atoms with Crippen molar-refractivity contribution in [1.82, 2.24) is 0 Å². The summed E-state index contributed by atoms with van der Waals surface area (Å²) in [7, 11) is 0. The number of primary amides is 1. The van der Waals surface area contributed by atoms with Crippen molar-refractivity contribution in [1.29, 1.82) is 0 Å². The van der Waals surface area contributed by atoms with E-state index in [1.807, 2.05) is 20.8 Å². The first-order valence-corrected chi connectivity index (χ1v) is 4.54. The Morgan fingerprint density at radius 3 is 2.42 bits per heavy atom. The highest BCUT2D eigenvalue weighted by Gasteiger charge is 2.21. The summed E-state index contributed by atoms with van der Waals surface area (Å²) in [5, 5.41) is 0. The molecule has 72 valence electrons. The van der Waals surface area contributed by atoms with Gasteiger partial charge in [0.1, 0.15) is 6.10 Å². The summed E-state index contributed by atoms with van der Waals surface area (Å²) in [4.78, 5) is 10.9. The molecular weight excluding hydrogens is 154 g/mol. The van der Waals surface area contributed by atoms with Crippen molar-refractivity contribution in [3.05, 3.63) is 0 Å². The zero-order valence-electron chi connectivity index (χ0n) is 8.17. The van der Waals surface area contributed by atoms with Gasteiger partial charge in [-0.1, -0.05) is 27.2 Å². The van der Waals surface area contributed by atoms with Gasteiger partial charge in [-0.05, 0) is 12.3 Å². The molecule has 0 fully saturated rings. The van der Waals surface area contributed by atoms with Gasteiger partial charge >= 0.3 is 0 Å². The summed E-state index contributed by atoms with van der Waals surface area (Å²) in [6.07, 6.45) is 1.42. The minimum Gasteiger partial charge on any atom is -0.368 e. The van der Waals surface area contributed by atoms with Gasteiger partial charge in [0.15, 0.2) is 0 Å². The summed E-state index contributed by atoms with van der Waals surface area (Å²) in [6, 6.07) is 0. The maximum absolute atomic E-state index is 10.9. The molecule has 0 aliphatic rings. The summed E-state index contributed by atoms with van der Waals surface area (Å²) in [6.45, 7) is 6.62. The molecule has 0 saturated heterocycles. The Bertz CT molecular complexity index is 136. The second kappa shape index (κ2) is 6.00. The molecule has 0 aliphatic heterocycles. The number of amides is 1. The van der Waals surface area contributed by atoms with Crippen LogP contribution in [-0.2, 0) is 9.53 Å². The van der Waals surface area contributed by atoms with Gasteiger partial charge in [0, 0.05) is 6.61 Å². The molecule has 0 aromatic rings. The van der Waals surface area contributed by atoms with Crippen molar-refractivity contribution < 1.29 is 9.53 Å². The molecule has 3 nitrogen and oxygen atoms in total. The Balaban J connectivity index is 3.94. The van der Waals surface area contributed by atoms with Crippen molar-refractivity contribution in [3.63, 3.8) is 0 Å². The summed E-state index contributed by atoms with van der Waals surface area (Å²) in [5.74, 6) is -0.133. The van der Waals surface area contributed by atoms with Gasteiger partial charge in [0.05, 0.1) is 0 Å². The molecule has 0 radical (unpaired) electrons. The van der Waals surface area contributed by atoms with Crippen LogP contribution in [0.15, 0.2) is 0 Å². The average Bonchev–Trinajstić information content (AvgIpc) is 2.04. The van der Waals surface area contributed by atoms with Gasteiger partial charge in [-0.15, -0.1) is 0 Å². The summed E-state index contributed by atoms with van der Waals surface area (Å²) >= 11 is 0.